The lowest BCUT2D eigenvalue weighted by molar-refractivity contribution is -0.127. The first-order valence-electron chi connectivity index (χ1n) is 7.34. The number of nitrogens with zero attached hydrogens (tertiary/aromatic N) is 1. The van der Waals surface area contributed by atoms with Crippen molar-refractivity contribution in [3.8, 4) is 6.07 Å². The smallest absolute Gasteiger partial charge is 0.240 e. The number of benzene rings is 1. The molecule has 0 aliphatic heterocycles. The van der Waals surface area contributed by atoms with Gasteiger partial charge in [-0.2, -0.15) is 5.26 Å². The van der Waals surface area contributed by atoms with Crippen LogP contribution in [-0.2, 0) is 14.8 Å². The third kappa shape index (κ3) is 4.22. The van der Waals surface area contributed by atoms with E-state index in [0.717, 1.165) is 12.8 Å². The van der Waals surface area contributed by atoms with Crippen LogP contribution in [0.25, 0.3) is 0 Å². The van der Waals surface area contributed by atoms with Crippen LogP contribution < -0.4 is 10.0 Å². The Balaban J connectivity index is 1.86. The van der Waals surface area contributed by atoms with Gasteiger partial charge in [-0.15, -0.1) is 0 Å². The van der Waals surface area contributed by atoms with E-state index in [1.54, 1.807) is 12.1 Å². The number of nitrogens with one attached hydrogen (secondary N) is 2. The van der Waals surface area contributed by atoms with Crippen molar-refractivity contribution in [2.24, 2.45) is 5.41 Å². The van der Waals surface area contributed by atoms with Crippen LogP contribution in [0.2, 0.25) is 5.02 Å². The van der Waals surface area contributed by atoms with Crippen LogP contribution in [-0.4, -0.2) is 27.4 Å². The Morgan fingerprint density at radius 2 is 2.00 bits per heavy atom. The number of hydrogen-bond donors (Lipinski definition) is 2. The zero-order valence-electron chi connectivity index (χ0n) is 12.5. The van der Waals surface area contributed by atoms with Gasteiger partial charge in [-0.25, -0.2) is 13.1 Å². The predicted molar refractivity (Wildman–Crippen MR) is 86.2 cm³/mol. The Morgan fingerprint density at radius 1 is 1.30 bits per heavy atom. The lowest BCUT2D eigenvalue weighted by Gasteiger charge is -2.19. The number of nitriles is 1. The molecule has 1 aromatic carbocycles. The van der Waals surface area contributed by atoms with Gasteiger partial charge in [0.05, 0.1) is 11.0 Å². The first-order chi connectivity index (χ1) is 10.9. The number of sulfonamides is 1. The van der Waals surface area contributed by atoms with Gasteiger partial charge in [-0.1, -0.05) is 30.5 Å². The number of amides is 1. The molecule has 0 radical (unpaired) electrons. The highest BCUT2D eigenvalue weighted by atomic mass is 35.5. The molecular weight excluding hydrogens is 338 g/mol. The fourth-order valence-corrected chi connectivity index (χ4v) is 3.95. The van der Waals surface area contributed by atoms with E-state index in [2.05, 4.69) is 16.1 Å². The second-order valence-electron chi connectivity index (χ2n) is 5.51. The number of carbonyl (C=O) groups excluding carboxylic acids is 1. The Labute approximate surface area is 140 Å². The van der Waals surface area contributed by atoms with Gasteiger partial charge in [0, 0.05) is 18.1 Å². The maximum absolute atomic E-state index is 12.1. The molecule has 0 unspecified atom stereocenters. The molecule has 1 aromatic rings. The highest BCUT2D eigenvalue weighted by Gasteiger charge is 2.41. The van der Waals surface area contributed by atoms with E-state index in [0.29, 0.717) is 17.9 Å². The molecule has 0 aromatic heterocycles. The number of rotatable bonds is 6. The average Bonchev–Trinajstić information content (AvgIpc) is 3.01. The van der Waals surface area contributed by atoms with Gasteiger partial charge in [0.1, 0.15) is 5.41 Å². The van der Waals surface area contributed by atoms with Crippen LogP contribution in [0.1, 0.15) is 25.7 Å². The average molecular weight is 356 g/mol. The third-order valence-corrected chi connectivity index (χ3v) is 5.61. The number of carbonyl (C=O) groups is 1. The maximum Gasteiger partial charge on any atom is 0.240 e. The van der Waals surface area contributed by atoms with E-state index in [1.807, 2.05) is 0 Å². The van der Waals surface area contributed by atoms with Crippen molar-refractivity contribution in [2.45, 2.75) is 30.6 Å². The van der Waals surface area contributed by atoms with Crippen LogP contribution in [0.5, 0.6) is 0 Å². The van der Waals surface area contributed by atoms with Gasteiger partial charge in [-0.3, -0.25) is 4.79 Å². The van der Waals surface area contributed by atoms with Crippen molar-refractivity contribution in [1.82, 2.24) is 10.0 Å². The number of halogens is 1. The van der Waals surface area contributed by atoms with Gasteiger partial charge < -0.3 is 5.32 Å². The molecule has 1 aliphatic carbocycles. The summed E-state index contributed by atoms with van der Waals surface area (Å²) in [5.74, 6) is -0.320. The van der Waals surface area contributed by atoms with Crippen LogP contribution >= 0.6 is 11.6 Å². The predicted octanol–water partition coefficient (Wildman–Crippen LogP) is 1.82. The highest BCUT2D eigenvalue weighted by Crippen LogP contribution is 2.37. The molecule has 0 saturated heterocycles. The van der Waals surface area contributed by atoms with E-state index in [1.165, 1.54) is 12.1 Å². The SMILES string of the molecule is N#CC1(C(=O)NCCNS(=O)(=O)c2cccc(Cl)c2)CCCC1. The summed E-state index contributed by atoms with van der Waals surface area (Å²) in [6.45, 7) is 0.171. The fourth-order valence-electron chi connectivity index (χ4n) is 2.62. The maximum atomic E-state index is 12.1. The quantitative estimate of drug-likeness (QED) is 0.760. The van der Waals surface area contributed by atoms with Crippen molar-refractivity contribution < 1.29 is 13.2 Å². The summed E-state index contributed by atoms with van der Waals surface area (Å²) in [6.07, 6.45) is 2.85. The lowest BCUT2D eigenvalue weighted by atomic mass is 9.87. The van der Waals surface area contributed by atoms with Crippen molar-refractivity contribution >= 4 is 27.5 Å². The molecule has 0 bridgehead atoms. The van der Waals surface area contributed by atoms with Crippen LogP contribution in [0.15, 0.2) is 29.2 Å². The monoisotopic (exact) mass is 355 g/mol. The lowest BCUT2D eigenvalue weighted by Crippen LogP contribution is -2.42. The minimum Gasteiger partial charge on any atom is -0.353 e. The zero-order valence-corrected chi connectivity index (χ0v) is 14.1. The Hall–Kier alpha value is -1.62. The van der Waals surface area contributed by atoms with Crippen molar-refractivity contribution in [2.75, 3.05) is 13.1 Å². The first-order valence-corrected chi connectivity index (χ1v) is 9.21. The summed E-state index contributed by atoms with van der Waals surface area (Å²) in [5, 5.41) is 12.2. The van der Waals surface area contributed by atoms with Crippen molar-refractivity contribution in [3.05, 3.63) is 29.3 Å². The molecule has 1 aliphatic rings. The van der Waals surface area contributed by atoms with Gasteiger partial charge in [0.25, 0.3) is 0 Å². The van der Waals surface area contributed by atoms with Crippen molar-refractivity contribution in [1.29, 1.82) is 5.26 Å². The molecule has 1 saturated carbocycles. The van der Waals surface area contributed by atoms with Gasteiger partial charge in [0.2, 0.25) is 15.9 Å². The molecule has 0 spiro atoms. The second-order valence-corrected chi connectivity index (χ2v) is 7.72. The summed E-state index contributed by atoms with van der Waals surface area (Å²) < 4.78 is 26.5. The molecule has 2 N–H and O–H groups in total. The van der Waals surface area contributed by atoms with Crippen LogP contribution in [0.4, 0.5) is 0 Å². The molecule has 2 rings (SSSR count). The first kappa shape index (κ1) is 17.7. The van der Waals surface area contributed by atoms with E-state index >= 15 is 0 Å². The molecule has 8 heteroatoms. The zero-order chi connectivity index (χ0) is 16.9. The molecule has 1 fully saturated rings. The van der Waals surface area contributed by atoms with Gasteiger partial charge in [0.15, 0.2) is 0 Å². The summed E-state index contributed by atoms with van der Waals surface area (Å²) in [4.78, 5) is 12.2. The number of hydrogen-bond acceptors (Lipinski definition) is 4. The highest BCUT2D eigenvalue weighted by molar-refractivity contribution is 7.89. The molecular formula is C15H18ClN3O3S. The third-order valence-electron chi connectivity index (χ3n) is 3.91. The van der Waals surface area contributed by atoms with Gasteiger partial charge >= 0.3 is 0 Å². The molecule has 23 heavy (non-hydrogen) atoms. The fraction of sp³-hybridized carbons (Fsp3) is 0.467. The standard InChI is InChI=1S/C15H18ClN3O3S/c16-12-4-3-5-13(10-12)23(21,22)19-9-8-18-14(20)15(11-17)6-1-2-7-15/h3-5,10,19H,1-2,6-9H2,(H,18,20). The second kappa shape index (κ2) is 7.30. The normalized spacial score (nSPS) is 16.7. The van der Waals surface area contributed by atoms with Crippen LogP contribution in [0, 0.1) is 16.7 Å². The largest absolute Gasteiger partial charge is 0.353 e. The van der Waals surface area contributed by atoms with E-state index in [4.69, 9.17) is 11.6 Å². The van der Waals surface area contributed by atoms with E-state index in [-0.39, 0.29) is 23.9 Å². The summed E-state index contributed by atoms with van der Waals surface area (Å²) in [7, 11) is -3.67. The summed E-state index contributed by atoms with van der Waals surface area (Å²) in [5.41, 5.74) is -0.953. The Kier molecular flexibility index (Phi) is 5.63. The minimum atomic E-state index is -3.67. The molecule has 124 valence electrons. The van der Waals surface area contributed by atoms with Crippen molar-refractivity contribution in [3.63, 3.8) is 0 Å². The van der Waals surface area contributed by atoms with E-state index in [9.17, 15) is 18.5 Å². The van der Waals surface area contributed by atoms with Gasteiger partial charge in [-0.05, 0) is 31.0 Å². The summed E-state index contributed by atoms with van der Waals surface area (Å²) >= 11 is 5.78. The molecule has 0 heterocycles. The molecule has 1 amide bonds. The van der Waals surface area contributed by atoms with E-state index < -0.39 is 15.4 Å². The Bertz CT molecular complexity index is 722. The topological polar surface area (TPSA) is 99.1 Å². The minimum absolute atomic E-state index is 0.0437. The molecule has 0 atom stereocenters. The summed E-state index contributed by atoms with van der Waals surface area (Å²) in [6, 6.07) is 8.03. The molecule has 6 nitrogen and oxygen atoms in total. The Morgan fingerprint density at radius 3 is 2.61 bits per heavy atom. The van der Waals surface area contributed by atoms with Crippen LogP contribution in [0.3, 0.4) is 0 Å².